The summed E-state index contributed by atoms with van der Waals surface area (Å²) in [6.45, 7) is 1.93. The molecule has 0 saturated carbocycles. The van der Waals surface area contributed by atoms with Crippen LogP contribution in [0.1, 0.15) is 18.4 Å². The Morgan fingerprint density at radius 1 is 0.647 bits per heavy atom. The molecular formula is C38H41N3O10. The number of H-pyrrole nitrogens is 1. The van der Waals surface area contributed by atoms with Gasteiger partial charge in [0.05, 0.1) is 53.1 Å². The van der Waals surface area contributed by atoms with Crippen molar-refractivity contribution in [3.63, 3.8) is 0 Å². The molecule has 2 heterocycles. The summed E-state index contributed by atoms with van der Waals surface area (Å²) in [6, 6.07) is 19.4. The second kappa shape index (κ2) is 16.9. The normalized spacial score (nSPS) is 12.2. The van der Waals surface area contributed by atoms with Gasteiger partial charge in [0.1, 0.15) is 23.0 Å². The number of aromatic nitrogens is 1. The largest absolute Gasteiger partial charge is 0.493 e. The Morgan fingerprint density at radius 3 is 1.65 bits per heavy atom. The van der Waals surface area contributed by atoms with E-state index in [1.807, 2.05) is 36.7 Å². The highest BCUT2D eigenvalue weighted by Gasteiger charge is 2.18. The predicted octanol–water partition coefficient (Wildman–Crippen LogP) is 8.47. The van der Waals surface area contributed by atoms with Gasteiger partial charge in [-0.2, -0.15) is 0 Å². The van der Waals surface area contributed by atoms with Crippen molar-refractivity contribution in [2.24, 2.45) is 0 Å². The average Bonchev–Trinajstić information content (AvgIpc) is 3.85. The van der Waals surface area contributed by atoms with Crippen LogP contribution in [0.15, 0.2) is 79.1 Å². The first-order chi connectivity index (χ1) is 24.8. The molecule has 0 atom stereocenters. The van der Waals surface area contributed by atoms with Crippen molar-refractivity contribution in [1.82, 2.24) is 9.88 Å². The van der Waals surface area contributed by atoms with Crippen molar-refractivity contribution < 1.29 is 42.8 Å². The summed E-state index contributed by atoms with van der Waals surface area (Å²) in [7, 11) is 9.29. The molecule has 13 heteroatoms. The van der Waals surface area contributed by atoms with Gasteiger partial charge < -0.3 is 47.8 Å². The first kappa shape index (κ1) is 36.1. The van der Waals surface area contributed by atoms with E-state index in [4.69, 9.17) is 37.9 Å². The molecule has 0 bridgehead atoms. The summed E-state index contributed by atoms with van der Waals surface area (Å²) < 4.78 is 43.8. The number of nitrogens with one attached hydrogen (secondary N) is 1. The molecule has 1 fully saturated rings. The first-order valence-corrected chi connectivity index (χ1v) is 16.0. The van der Waals surface area contributed by atoms with Crippen molar-refractivity contribution in [2.45, 2.75) is 12.8 Å². The number of hydrogen-bond donors (Lipinski definition) is 1. The number of hydrogen-bond acceptors (Lipinski definition) is 11. The number of aromatic amines is 1. The van der Waals surface area contributed by atoms with E-state index in [9.17, 15) is 10.1 Å². The van der Waals surface area contributed by atoms with Gasteiger partial charge in [-0.05, 0) is 61.5 Å². The van der Waals surface area contributed by atoms with Gasteiger partial charge >= 0.3 is 0 Å². The summed E-state index contributed by atoms with van der Waals surface area (Å²) in [5, 5.41) is 12.5. The third-order valence-electron chi connectivity index (χ3n) is 8.07. The molecule has 1 saturated heterocycles. The maximum Gasteiger partial charge on any atom is 0.276 e. The molecule has 268 valence electrons. The monoisotopic (exact) mass is 699 g/mol. The second-order valence-electron chi connectivity index (χ2n) is 11.2. The van der Waals surface area contributed by atoms with Crippen LogP contribution >= 0.6 is 0 Å². The quantitative estimate of drug-likeness (QED) is 0.0936. The summed E-state index contributed by atoms with van der Waals surface area (Å²) in [5.41, 5.74) is 1.57. The number of nitro groups is 1. The van der Waals surface area contributed by atoms with E-state index in [0.717, 1.165) is 42.6 Å². The second-order valence-corrected chi connectivity index (χ2v) is 11.2. The van der Waals surface area contributed by atoms with Crippen LogP contribution in [0.5, 0.6) is 57.5 Å². The van der Waals surface area contributed by atoms with Gasteiger partial charge in [0.2, 0.25) is 11.5 Å². The molecular weight excluding hydrogens is 658 g/mol. The molecule has 6 rings (SSSR count). The molecule has 4 aromatic carbocycles. The van der Waals surface area contributed by atoms with Gasteiger partial charge in [-0.1, -0.05) is 0 Å². The zero-order chi connectivity index (χ0) is 36.3. The molecule has 1 N–H and O–H groups in total. The Bertz CT molecular complexity index is 1930. The fraction of sp³-hybridized carbons (Fsp3) is 0.263. The van der Waals surface area contributed by atoms with Crippen molar-refractivity contribution in [3.8, 4) is 57.5 Å². The third-order valence-corrected chi connectivity index (χ3v) is 8.07. The van der Waals surface area contributed by atoms with Crippen LogP contribution in [0, 0.1) is 10.1 Å². The minimum atomic E-state index is -0.396. The zero-order valence-corrected chi connectivity index (χ0v) is 29.4. The molecule has 0 amide bonds. The van der Waals surface area contributed by atoms with Crippen LogP contribution in [-0.2, 0) is 0 Å². The molecule has 0 spiro atoms. The highest BCUT2D eigenvalue weighted by atomic mass is 16.6. The average molecular weight is 700 g/mol. The highest BCUT2D eigenvalue weighted by molar-refractivity contribution is 5.80. The van der Waals surface area contributed by atoms with Crippen molar-refractivity contribution in [2.75, 3.05) is 55.7 Å². The van der Waals surface area contributed by atoms with E-state index in [0.29, 0.717) is 57.3 Å². The molecule has 0 aliphatic carbocycles. The minimum absolute atomic E-state index is 0.0256. The minimum Gasteiger partial charge on any atom is -0.493 e. The van der Waals surface area contributed by atoms with Gasteiger partial charge in [-0.25, -0.2) is 0 Å². The fourth-order valence-electron chi connectivity index (χ4n) is 5.57. The summed E-state index contributed by atoms with van der Waals surface area (Å²) in [5.74, 6) is 5.30. The van der Waals surface area contributed by atoms with Crippen LogP contribution in [0.2, 0.25) is 0 Å². The Hall–Kier alpha value is -6.24. The summed E-state index contributed by atoms with van der Waals surface area (Å²) >= 11 is 0. The maximum atomic E-state index is 11.4. The summed E-state index contributed by atoms with van der Waals surface area (Å²) in [4.78, 5) is 16.3. The number of rotatable bonds is 13. The van der Waals surface area contributed by atoms with Gasteiger partial charge in [0.25, 0.3) is 5.69 Å². The number of likely N-dealkylation sites (tertiary alicyclic amines) is 1. The fourth-order valence-corrected chi connectivity index (χ4v) is 5.57. The Kier molecular flexibility index (Phi) is 12.0. The Balaban J connectivity index is 0.000000205. The number of benzene rings is 4. The van der Waals surface area contributed by atoms with E-state index >= 15 is 0 Å². The summed E-state index contributed by atoms with van der Waals surface area (Å²) in [6.07, 6.45) is 7.82. The van der Waals surface area contributed by atoms with Crippen molar-refractivity contribution in [1.29, 1.82) is 0 Å². The van der Waals surface area contributed by atoms with Gasteiger partial charge in [-0.3, -0.25) is 10.1 Å². The number of ether oxygens (including phenoxy) is 8. The lowest BCUT2D eigenvalue weighted by Crippen LogP contribution is -2.10. The van der Waals surface area contributed by atoms with Crippen molar-refractivity contribution >= 4 is 22.7 Å². The predicted molar refractivity (Wildman–Crippen MR) is 194 cm³/mol. The van der Waals surface area contributed by atoms with Crippen LogP contribution in [0.25, 0.3) is 17.0 Å². The first-order valence-electron chi connectivity index (χ1n) is 16.0. The maximum absolute atomic E-state index is 11.4. The molecule has 1 aromatic heterocycles. The number of fused-ring (bicyclic) bond motifs is 1. The van der Waals surface area contributed by atoms with Crippen LogP contribution < -0.4 is 37.9 Å². The van der Waals surface area contributed by atoms with Gasteiger partial charge in [0.15, 0.2) is 23.0 Å². The van der Waals surface area contributed by atoms with Gasteiger partial charge in [-0.15, -0.1) is 0 Å². The molecule has 1 aliphatic rings. The molecule has 13 nitrogen and oxygen atoms in total. The van der Waals surface area contributed by atoms with E-state index in [-0.39, 0.29) is 5.69 Å². The lowest BCUT2D eigenvalue weighted by atomic mass is 10.1. The smallest absolute Gasteiger partial charge is 0.276 e. The molecule has 51 heavy (non-hydrogen) atoms. The lowest BCUT2D eigenvalue weighted by molar-refractivity contribution is -0.385. The van der Waals surface area contributed by atoms with Gasteiger partial charge in [0, 0.05) is 60.5 Å². The number of nitro benzene ring substituents is 1. The van der Waals surface area contributed by atoms with Crippen molar-refractivity contribution in [3.05, 3.63) is 94.8 Å². The van der Waals surface area contributed by atoms with Crippen LogP contribution in [-0.4, -0.2) is 70.6 Å². The van der Waals surface area contributed by atoms with E-state index in [1.165, 1.54) is 27.4 Å². The van der Waals surface area contributed by atoms with Crippen LogP contribution in [0.3, 0.4) is 0 Å². The Morgan fingerprint density at radius 2 is 1.16 bits per heavy atom. The van der Waals surface area contributed by atoms with E-state index in [1.54, 1.807) is 63.8 Å². The van der Waals surface area contributed by atoms with E-state index in [2.05, 4.69) is 9.88 Å². The highest BCUT2D eigenvalue weighted by Crippen LogP contribution is 2.43. The topological polar surface area (TPSA) is 136 Å². The third kappa shape index (κ3) is 8.68. The van der Waals surface area contributed by atoms with E-state index < -0.39 is 4.92 Å². The molecule has 1 aliphatic heterocycles. The molecule has 5 aromatic rings. The number of nitrogens with zero attached hydrogens (tertiary/aromatic N) is 2. The SMILES string of the molecule is COc1cc(Oc2ccc([N+](=O)[O-])c(/C=C/N3CCCC3)c2)cc(OC)c1OC.COc1cc(Oc2ccc3[nH]ccc3c2)cc(OC)c1OC. The molecule has 0 radical (unpaired) electrons. The zero-order valence-electron chi connectivity index (χ0n) is 29.4. The number of methoxy groups -OCH3 is 6. The Labute approximate surface area is 296 Å². The standard InChI is InChI=1S/C21H24N2O6.C17H17NO4/c1-26-19-13-17(14-20(27-2)21(19)28-3)29-16-6-7-18(23(24)25)15(12-16)8-11-22-9-4-5-10-22;1-19-15-9-13(10-16(20-2)17(15)21-3)22-12-4-5-14-11(8-12)6-7-18-14/h6-8,11-14H,4-5,9-10H2,1-3H3;4-10,18H,1-3H3/b11-8+;. The van der Waals surface area contributed by atoms with Crippen LogP contribution in [0.4, 0.5) is 5.69 Å². The molecule has 0 unspecified atom stereocenters. The lowest BCUT2D eigenvalue weighted by Gasteiger charge is -2.15.